The summed E-state index contributed by atoms with van der Waals surface area (Å²) in [5, 5.41) is 11.1. The van der Waals surface area contributed by atoms with Crippen LogP contribution in [0.4, 0.5) is 11.4 Å². The van der Waals surface area contributed by atoms with Crippen molar-refractivity contribution in [1.82, 2.24) is 31.2 Å². The van der Waals surface area contributed by atoms with Gasteiger partial charge < -0.3 is 54.0 Å². The molecule has 4 aromatic rings. The quantitative estimate of drug-likeness (QED) is 0.0348. The van der Waals surface area contributed by atoms with Crippen LogP contribution >= 0.6 is 0 Å². The van der Waals surface area contributed by atoms with Crippen molar-refractivity contribution in [3.63, 3.8) is 0 Å². The van der Waals surface area contributed by atoms with Crippen LogP contribution in [0.1, 0.15) is 53.4 Å². The van der Waals surface area contributed by atoms with E-state index in [9.17, 15) is 24.0 Å². The molecule has 0 spiro atoms. The fraction of sp³-hybridized carbons (Fsp3) is 0.282. The molecule has 0 aliphatic rings. The minimum absolute atomic E-state index is 0.0220. The highest BCUT2D eigenvalue weighted by molar-refractivity contribution is 5.99. The minimum Gasteiger partial charge on any atom is -0.370 e. The number of unbranched alkanes of at least 4 members (excludes halogenated alkanes) is 1. The van der Waals surface area contributed by atoms with Crippen molar-refractivity contribution in [1.29, 1.82) is 0 Å². The third kappa shape index (κ3) is 13.4. The minimum atomic E-state index is -1.24. The summed E-state index contributed by atoms with van der Waals surface area (Å²) in [7, 11) is 0. The Kier molecular flexibility index (Phi) is 15.6. The van der Waals surface area contributed by atoms with Crippen LogP contribution in [-0.4, -0.2) is 76.0 Å². The standard InChI is InChI=1S/C39H48N12O5/c1-2-3-12-31(49-34(53)26-9-5-4-6-10-26)35(54)51-33(20-29-21-44-23-45-29)37(56)50-32(19-25-8-7-11-28(18-25)48-39(42)43)36(55)46-30(22-52)17-24-13-15-27(16-14-24)47-38(40)41/h4-11,13-16,18,21-23,30-33H,2-3,12,17,19-20H2,1H3,(H,44,45)(H,46,55)(H,49,53)(H,50,56)(H,51,54)(H4,40,41,47)(H4,42,43,48)/t30-,31-,32-,33-/m0/s1. The summed E-state index contributed by atoms with van der Waals surface area (Å²) in [5.74, 6) is -2.66. The number of aromatic amines is 1. The van der Waals surface area contributed by atoms with Crippen LogP contribution in [0.2, 0.25) is 0 Å². The Bertz CT molecular complexity index is 1980. The molecular weight excluding hydrogens is 717 g/mol. The molecule has 17 nitrogen and oxygen atoms in total. The largest absolute Gasteiger partial charge is 0.370 e. The fourth-order valence-electron chi connectivity index (χ4n) is 5.75. The number of hydrogen-bond donors (Lipinski definition) is 9. The van der Waals surface area contributed by atoms with Gasteiger partial charge in [-0.05, 0) is 60.4 Å². The van der Waals surface area contributed by atoms with Crippen molar-refractivity contribution in [2.24, 2.45) is 32.9 Å². The highest BCUT2D eigenvalue weighted by Gasteiger charge is 2.31. The zero-order chi connectivity index (χ0) is 40.5. The van der Waals surface area contributed by atoms with E-state index < -0.39 is 47.8 Å². The zero-order valence-corrected chi connectivity index (χ0v) is 31.0. The van der Waals surface area contributed by atoms with Gasteiger partial charge in [0.05, 0.1) is 23.7 Å². The average molecular weight is 765 g/mol. The molecule has 0 aliphatic carbocycles. The first-order valence-corrected chi connectivity index (χ1v) is 18.0. The van der Waals surface area contributed by atoms with Crippen LogP contribution in [0.15, 0.2) is 101 Å². The van der Waals surface area contributed by atoms with E-state index in [0.29, 0.717) is 52.9 Å². The Labute approximate surface area is 324 Å². The van der Waals surface area contributed by atoms with E-state index in [1.54, 1.807) is 78.9 Å². The number of nitrogens with zero attached hydrogens (tertiary/aromatic N) is 3. The first-order chi connectivity index (χ1) is 26.9. The van der Waals surface area contributed by atoms with Crippen molar-refractivity contribution in [2.45, 2.75) is 69.6 Å². The molecule has 0 saturated heterocycles. The second kappa shape index (κ2) is 21.0. The van der Waals surface area contributed by atoms with Gasteiger partial charge in [0, 0.05) is 30.3 Å². The number of guanidine groups is 2. The lowest BCUT2D eigenvalue weighted by Crippen LogP contribution is -2.58. The third-order valence-corrected chi connectivity index (χ3v) is 8.50. The highest BCUT2D eigenvalue weighted by atomic mass is 16.2. The lowest BCUT2D eigenvalue weighted by atomic mass is 10.0. The van der Waals surface area contributed by atoms with Gasteiger partial charge in [-0.1, -0.05) is 62.2 Å². The predicted octanol–water partition coefficient (Wildman–Crippen LogP) is 0.890. The van der Waals surface area contributed by atoms with E-state index in [1.165, 1.54) is 12.5 Å². The number of carbonyl (C=O) groups is 5. The number of nitrogens with two attached hydrogens (primary N) is 4. The molecule has 0 fully saturated rings. The molecule has 4 rings (SSSR count). The molecular formula is C39H48N12O5. The summed E-state index contributed by atoms with van der Waals surface area (Å²) in [6, 6.07) is 17.6. The Morgan fingerprint density at radius 2 is 1.36 bits per heavy atom. The lowest BCUT2D eigenvalue weighted by Gasteiger charge is -2.26. The molecule has 4 amide bonds. The van der Waals surface area contributed by atoms with E-state index in [4.69, 9.17) is 22.9 Å². The van der Waals surface area contributed by atoms with Crippen molar-refractivity contribution >= 4 is 53.2 Å². The maximum Gasteiger partial charge on any atom is 0.251 e. The molecule has 17 heteroatoms. The summed E-state index contributed by atoms with van der Waals surface area (Å²) >= 11 is 0. The normalized spacial score (nSPS) is 12.8. The number of benzene rings is 3. The first-order valence-electron chi connectivity index (χ1n) is 18.0. The number of nitrogens with one attached hydrogen (secondary N) is 5. The molecule has 0 saturated carbocycles. The van der Waals surface area contributed by atoms with Crippen LogP contribution in [0.25, 0.3) is 0 Å². The second-order valence-corrected chi connectivity index (χ2v) is 13.0. The average Bonchev–Trinajstić information content (AvgIpc) is 3.69. The first kappa shape index (κ1) is 41.7. The van der Waals surface area contributed by atoms with Gasteiger partial charge in [0.25, 0.3) is 5.91 Å². The smallest absolute Gasteiger partial charge is 0.251 e. The number of amides is 4. The summed E-state index contributed by atoms with van der Waals surface area (Å²) < 4.78 is 0. The van der Waals surface area contributed by atoms with Gasteiger partial charge in [-0.3, -0.25) is 19.2 Å². The highest BCUT2D eigenvalue weighted by Crippen LogP contribution is 2.17. The monoisotopic (exact) mass is 764 g/mol. The van der Waals surface area contributed by atoms with Crippen LogP contribution in [-0.2, 0) is 38.4 Å². The number of aliphatic imine (C=N–C) groups is 2. The summed E-state index contributed by atoms with van der Waals surface area (Å²) in [5.41, 5.74) is 25.2. The third-order valence-electron chi connectivity index (χ3n) is 8.50. The number of H-pyrrole nitrogens is 1. The molecule has 3 aromatic carbocycles. The molecule has 56 heavy (non-hydrogen) atoms. The van der Waals surface area contributed by atoms with Gasteiger partial charge in [-0.25, -0.2) is 15.0 Å². The van der Waals surface area contributed by atoms with Crippen LogP contribution in [0, 0.1) is 0 Å². The number of aldehydes is 1. The van der Waals surface area contributed by atoms with E-state index in [1.807, 2.05) is 6.92 Å². The van der Waals surface area contributed by atoms with Gasteiger partial charge >= 0.3 is 0 Å². The molecule has 13 N–H and O–H groups in total. The predicted molar refractivity (Wildman–Crippen MR) is 213 cm³/mol. The number of hydrogen-bond acceptors (Lipinski definition) is 8. The lowest BCUT2D eigenvalue weighted by molar-refractivity contribution is -0.133. The number of rotatable bonds is 20. The summed E-state index contributed by atoms with van der Waals surface area (Å²) in [6.07, 6.45) is 5.32. The molecule has 0 aliphatic heterocycles. The Morgan fingerprint density at radius 3 is 1.98 bits per heavy atom. The maximum atomic E-state index is 14.2. The van der Waals surface area contributed by atoms with E-state index in [-0.39, 0.29) is 31.2 Å². The van der Waals surface area contributed by atoms with Gasteiger partial charge in [0.2, 0.25) is 17.7 Å². The van der Waals surface area contributed by atoms with Gasteiger partial charge in [0.15, 0.2) is 11.9 Å². The Balaban J connectivity index is 1.59. The molecule has 0 bridgehead atoms. The molecule has 4 atom stereocenters. The van der Waals surface area contributed by atoms with E-state index in [0.717, 1.165) is 6.42 Å². The number of imidazole rings is 1. The van der Waals surface area contributed by atoms with Gasteiger partial charge in [-0.15, -0.1) is 0 Å². The molecule has 0 unspecified atom stereocenters. The Morgan fingerprint density at radius 1 is 0.714 bits per heavy atom. The summed E-state index contributed by atoms with van der Waals surface area (Å²) in [6.45, 7) is 1.96. The van der Waals surface area contributed by atoms with Crippen molar-refractivity contribution < 1.29 is 24.0 Å². The molecule has 1 heterocycles. The number of carbonyl (C=O) groups excluding carboxylic acids is 5. The van der Waals surface area contributed by atoms with Gasteiger partial charge in [0.1, 0.15) is 24.4 Å². The van der Waals surface area contributed by atoms with Crippen molar-refractivity contribution in [3.8, 4) is 0 Å². The van der Waals surface area contributed by atoms with Crippen LogP contribution in [0.3, 0.4) is 0 Å². The second-order valence-electron chi connectivity index (χ2n) is 13.0. The van der Waals surface area contributed by atoms with E-state index in [2.05, 4.69) is 41.2 Å². The van der Waals surface area contributed by atoms with Crippen LogP contribution in [0.5, 0.6) is 0 Å². The fourth-order valence-corrected chi connectivity index (χ4v) is 5.75. The number of aromatic nitrogens is 2. The molecule has 0 radical (unpaired) electrons. The van der Waals surface area contributed by atoms with Crippen molar-refractivity contribution in [3.05, 3.63) is 114 Å². The maximum absolute atomic E-state index is 14.2. The van der Waals surface area contributed by atoms with Crippen LogP contribution < -0.4 is 44.2 Å². The van der Waals surface area contributed by atoms with Crippen molar-refractivity contribution in [2.75, 3.05) is 0 Å². The zero-order valence-electron chi connectivity index (χ0n) is 31.0. The Hall–Kier alpha value is -7.04. The SMILES string of the molecule is CCCC[C@H](NC(=O)c1ccccc1)C(=O)N[C@@H](Cc1cnc[nH]1)C(=O)N[C@@H](Cc1cccc(N=C(N)N)c1)C(=O)N[C@H](C=O)Cc1ccc(N=C(N)N)cc1. The molecule has 294 valence electrons. The van der Waals surface area contributed by atoms with E-state index >= 15 is 0 Å². The summed E-state index contributed by atoms with van der Waals surface area (Å²) in [4.78, 5) is 82.3. The molecule has 1 aromatic heterocycles. The van der Waals surface area contributed by atoms with Gasteiger partial charge in [-0.2, -0.15) is 0 Å². The topological polar surface area (TPSA) is 291 Å².